The van der Waals surface area contributed by atoms with Gasteiger partial charge in [0.2, 0.25) is 0 Å². The maximum atomic E-state index is 4.84. The van der Waals surface area contributed by atoms with E-state index >= 15 is 0 Å². The molecular weight excluding hydrogens is 260 g/mol. The first-order chi connectivity index (χ1) is 10.3. The first kappa shape index (κ1) is 13.8. The first-order valence-electron chi connectivity index (χ1n) is 7.39. The number of rotatable bonds is 5. The van der Waals surface area contributed by atoms with Gasteiger partial charge in [0.05, 0.1) is 5.69 Å². The zero-order valence-electron chi connectivity index (χ0n) is 12.5. The van der Waals surface area contributed by atoms with E-state index in [2.05, 4.69) is 52.1 Å². The van der Waals surface area contributed by atoms with Crippen LogP contribution in [-0.4, -0.2) is 21.6 Å². The summed E-state index contributed by atoms with van der Waals surface area (Å²) >= 11 is 0. The number of nitrogens with zero attached hydrogens (tertiary/aromatic N) is 3. The Morgan fingerprint density at radius 3 is 2.90 bits per heavy atom. The molecule has 0 saturated carbocycles. The molecule has 0 amide bonds. The summed E-state index contributed by atoms with van der Waals surface area (Å²) in [6, 6.07) is 10.5. The summed E-state index contributed by atoms with van der Waals surface area (Å²) in [5.74, 6) is 2.04. The van der Waals surface area contributed by atoms with E-state index in [-0.39, 0.29) is 0 Å². The molecule has 0 aliphatic carbocycles. The molecule has 1 aromatic carbocycles. The minimum absolute atomic E-state index is 0.760. The molecule has 1 N–H and O–H groups in total. The van der Waals surface area contributed by atoms with Gasteiger partial charge in [-0.1, -0.05) is 31.2 Å². The lowest BCUT2D eigenvalue weighted by Gasteiger charge is -2.12. The van der Waals surface area contributed by atoms with Gasteiger partial charge in [-0.15, -0.1) is 0 Å². The van der Waals surface area contributed by atoms with Crippen LogP contribution in [-0.2, 0) is 13.0 Å². The van der Waals surface area contributed by atoms with Crippen LogP contribution >= 0.6 is 0 Å². The predicted molar refractivity (Wildman–Crippen MR) is 85.6 cm³/mol. The predicted octanol–water partition coefficient (Wildman–Crippen LogP) is 3.09. The van der Waals surface area contributed by atoms with E-state index in [0.29, 0.717) is 0 Å². The molecule has 0 bridgehead atoms. The lowest BCUT2D eigenvalue weighted by atomic mass is 10.1. The van der Waals surface area contributed by atoms with Crippen molar-refractivity contribution in [3.05, 3.63) is 54.2 Å². The molecule has 0 unspecified atom stereocenters. The second kappa shape index (κ2) is 6.06. The quantitative estimate of drug-likeness (QED) is 0.781. The molecule has 21 heavy (non-hydrogen) atoms. The van der Waals surface area contributed by atoms with Crippen LogP contribution in [0.25, 0.3) is 16.6 Å². The smallest absolute Gasteiger partial charge is 0.146 e. The van der Waals surface area contributed by atoms with Crippen LogP contribution < -0.4 is 5.32 Å². The number of hydrogen-bond donors (Lipinski definition) is 1. The standard InChI is InChI=1S/C17H20N4/c1-3-6-16-19-9-10-21(16)17-15-8-5-4-7-13(15)11-14(20-17)12-18-2/h4-5,7-11,18H,3,6,12H2,1-2H3. The van der Waals surface area contributed by atoms with Crippen molar-refractivity contribution >= 4 is 10.8 Å². The highest BCUT2D eigenvalue weighted by Gasteiger charge is 2.11. The van der Waals surface area contributed by atoms with Gasteiger partial charge >= 0.3 is 0 Å². The monoisotopic (exact) mass is 280 g/mol. The minimum Gasteiger partial charge on any atom is -0.314 e. The van der Waals surface area contributed by atoms with Crippen LogP contribution in [0, 0.1) is 0 Å². The minimum atomic E-state index is 0.760. The van der Waals surface area contributed by atoms with E-state index in [1.165, 1.54) is 5.39 Å². The number of pyridine rings is 1. The molecule has 0 fully saturated rings. The third kappa shape index (κ3) is 2.67. The van der Waals surface area contributed by atoms with Crippen molar-refractivity contribution in [1.82, 2.24) is 19.9 Å². The third-order valence-corrected chi connectivity index (χ3v) is 3.55. The van der Waals surface area contributed by atoms with Gasteiger partial charge in [-0.25, -0.2) is 9.97 Å². The van der Waals surface area contributed by atoms with Crippen LogP contribution in [0.1, 0.15) is 24.9 Å². The third-order valence-electron chi connectivity index (χ3n) is 3.55. The Labute approximate surface area is 124 Å². The molecule has 0 aliphatic rings. The van der Waals surface area contributed by atoms with Crippen LogP contribution in [0.15, 0.2) is 42.7 Å². The van der Waals surface area contributed by atoms with Gasteiger partial charge < -0.3 is 5.32 Å². The maximum absolute atomic E-state index is 4.84. The summed E-state index contributed by atoms with van der Waals surface area (Å²) in [6.45, 7) is 2.93. The number of benzene rings is 1. The normalized spacial score (nSPS) is 11.1. The SMILES string of the molecule is CCCc1nccn1-c1nc(CNC)cc2ccccc12. The Balaban J connectivity index is 2.21. The maximum Gasteiger partial charge on any atom is 0.146 e. The Kier molecular flexibility index (Phi) is 3.97. The van der Waals surface area contributed by atoms with Crippen molar-refractivity contribution in [2.75, 3.05) is 7.05 Å². The highest BCUT2D eigenvalue weighted by atomic mass is 15.1. The zero-order valence-corrected chi connectivity index (χ0v) is 12.5. The molecule has 4 nitrogen and oxygen atoms in total. The van der Waals surface area contributed by atoms with E-state index in [4.69, 9.17) is 4.98 Å². The van der Waals surface area contributed by atoms with Crippen molar-refractivity contribution in [2.45, 2.75) is 26.3 Å². The average Bonchev–Trinajstić information content (AvgIpc) is 2.95. The summed E-state index contributed by atoms with van der Waals surface area (Å²) in [5.41, 5.74) is 1.04. The van der Waals surface area contributed by atoms with Gasteiger partial charge in [0.15, 0.2) is 0 Å². The van der Waals surface area contributed by atoms with Gasteiger partial charge in [-0.2, -0.15) is 0 Å². The lowest BCUT2D eigenvalue weighted by Crippen LogP contribution is -2.10. The summed E-state index contributed by atoms with van der Waals surface area (Å²) in [5, 5.41) is 5.55. The van der Waals surface area contributed by atoms with E-state index in [0.717, 1.165) is 42.1 Å². The molecule has 0 spiro atoms. The Bertz CT molecular complexity index is 745. The summed E-state index contributed by atoms with van der Waals surface area (Å²) < 4.78 is 2.12. The average molecular weight is 280 g/mol. The second-order valence-corrected chi connectivity index (χ2v) is 5.15. The summed E-state index contributed by atoms with van der Waals surface area (Å²) in [6.07, 6.45) is 5.89. The number of hydrogen-bond acceptors (Lipinski definition) is 3. The van der Waals surface area contributed by atoms with E-state index in [1.54, 1.807) is 0 Å². The fourth-order valence-corrected chi connectivity index (χ4v) is 2.63. The highest BCUT2D eigenvalue weighted by molar-refractivity contribution is 5.89. The number of aryl methyl sites for hydroxylation is 1. The molecule has 108 valence electrons. The molecule has 4 heteroatoms. The van der Waals surface area contributed by atoms with Crippen LogP contribution in [0.3, 0.4) is 0 Å². The van der Waals surface area contributed by atoms with Crippen molar-refractivity contribution in [3.63, 3.8) is 0 Å². The number of imidazole rings is 1. The topological polar surface area (TPSA) is 42.7 Å². The fourth-order valence-electron chi connectivity index (χ4n) is 2.63. The molecule has 3 aromatic rings. The largest absolute Gasteiger partial charge is 0.314 e. The highest BCUT2D eigenvalue weighted by Crippen LogP contribution is 2.23. The molecular formula is C17H20N4. The molecule has 3 rings (SSSR count). The van der Waals surface area contributed by atoms with Crippen LogP contribution in [0.5, 0.6) is 0 Å². The fraction of sp³-hybridized carbons (Fsp3) is 0.294. The molecule has 0 aliphatic heterocycles. The second-order valence-electron chi connectivity index (χ2n) is 5.15. The number of aromatic nitrogens is 3. The van der Waals surface area contributed by atoms with E-state index < -0.39 is 0 Å². The van der Waals surface area contributed by atoms with Crippen LogP contribution in [0.4, 0.5) is 0 Å². The number of fused-ring (bicyclic) bond motifs is 1. The Hall–Kier alpha value is -2.20. The summed E-state index contributed by atoms with van der Waals surface area (Å²) in [7, 11) is 1.94. The van der Waals surface area contributed by atoms with E-state index in [1.807, 2.05) is 19.4 Å². The van der Waals surface area contributed by atoms with Gasteiger partial charge in [-0.3, -0.25) is 4.57 Å². The number of nitrogens with one attached hydrogen (secondary N) is 1. The molecule has 0 radical (unpaired) electrons. The Morgan fingerprint density at radius 2 is 2.10 bits per heavy atom. The van der Waals surface area contributed by atoms with E-state index in [9.17, 15) is 0 Å². The molecule has 2 heterocycles. The lowest BCUT2D eigenvalue weighted by molar-refractivity contribution is 0.771. The summed E-state index contributed by atoms with van der Waals surface area (Å²) in [4.78, 5) is 9.31. The molecule has 0 atom stereocenters. The zero-order chi connectivity index (χ0) is 14.7. The van der Waals surface area contributed by atoms with Crippen molar-refractivity contribution in [3.8, 4) is 5.82 Å². The van der Waals surface area contributed by atoms with Crippen molar-refractivity contribution in [2.24, 2.45) is 0 Å². The van der Waals surface area contributed by atoms with Crippen molar-refractivity contribution < 1.29 is 0 Å². The van der Waals surface area contributed by atoms with Gasteiger partial charge in [0.1, 0.15) is 11.6 Å². The van der Waals surface area contributed by atoms with Gasteiger partial charge in [0, 0.05) is 30.7 Å². The van der Waals surface area contributed by atoms with Gasteiger partial charge in [-0.05, 0) is 24.9 Å². The van der Waals surface area contributed by atoms with Gasteiger partial charge in [0.25, 0.3) is 0 Å². The molecule has 0 saturated heterocycles. The first-order valence-corrected chi connectivity index (χ1v) is 7.39. The Morgan fingerprint density at radius 1 is 1.24 bits per heavy atom. The van der Waals surface area contributed by atoms with Crippen molar-refractivity contribution in [1.29, 1.82) is 0 Å². The molecule has 2 aromatic heterocycles. The van der Waals surface area contributed by atoms with Crippen LogP contribution in [0.2, 0.25) is 0 Å².